The summed E-state index contributed by atoms with van der Waals surface area (Å²) in [5, 5.41) is 17.1. The molecule has 0 spiro atoms. The molecule has 0 bridgehead atoms. The third-order valence-corrected chi connectivity index (χ3v) is 8.55. The number of alkyl halides is 3. The van der Waals surface area contributed by atoms with Crippen molar-refractivity contribution in [2.75, 3.05) is 6.54 Å². The van der Waals surface area contributed by atoms with Gasteiger partial charge in [-0.1, -0.05) is 13.8 Å². The van der Waals surface area contributed by atoms with Gasteiger partial charge in [0.15, 0.2) is 0 Å². The maximum Gasteiger partial charge on any atom is 0.471 e. The van der Waals surface area contributed by atoms with Gasteiger partial charge in [-0.05, 0) is 63.2 Å². The highest BCUT2D eigenvalue weighted by Gasteiger charge is 2.70. The van der Waals surface area contributed by atoms with E-state index in [9.17, 15) is 37.6 Å². The highest BCUT2D eigenvalue weighted by Crippen LogP contribution is 2.65. The van der Waals surface area contributed by atoms with Crippen molar-refractivity contribution in [3.05, 3.63) is 0 Å². The number of carbonyl (C=O) groups is 4. The minimum Gasteiger partial charge on any atom is -0.351 e. The Morgan fingerprint density at radius 3 is 2.33 bits per heavy atom. The largest absolute Gasteiger partial charge is 0.471 e. The van der Waals surface area contributed by atoms with Crippen molar-refractivity contribution in [2.24, 2.45) is 23.2 Å². The minimum absolute atomic E-state index is 0.0189. The zero-order chi connectivity index (χ0) is 26.8. The molecule has 198 valence electrons. The maximum atomic E-state index is 13.5. The first kappa shape index (κ1) is 26.2. The molecule has 36 heavy (non-hydrogen) atoms. The molecule has 2 aliphatic heterocycles. The number of nitriles is 1. The number of rotatable bonds is 6. The van der Waals surface area contributed by atoms with Gasteiger partial charge in [0.1, 0.15) is 17.6 Å². The fourth-order valence-electron chi connectivity index (χ4n) is 6.35. The average Bonchev–Trinajstić information content (AvgIpc) is 3.03. The Hall–Kier alpha value is -2.84. The Kier molecular flexibility index (Phi) is 6.08. The Balaban J connectivity index is 1.50. The number of piperidine rings is 1. The third kappa shape index (κ3) is 4.41. The summed E-state index contributed by atoms with van der Waals surface area (Å²) in [7, 11) is 0. The van der Waals surface area contributed by atoms with Gasteiger partial charge >= 0.3 is 12.1 Å². The van der Waals surface area contributed by atoms with Crippen molar-refractivity contribution in [1.29, 1.82) is 5.26 Å². The predicted octanol–water partition coefficient (Wildman–Crippen LogP) is 1.38. The normalized spacial score (nSPS) is 31.8. The lowest BCUT2D eigenvalue weighted by Crippen LogP contribution is -2.67. The van der Waals surface area contributed by atoms with Gasteiger partial charge in [0, 0.05) is 18.0 Å². The summed E-state index contributed by atoms with van der Waals surface area (Å²) >= 11 is 0. The highest BCUT2D eigenvalue weighted by atomic mass is 19.4. The molecule has 4 rings (SSSR count). The van der Waals surface area contributed by atoms with Crippen LogP contribution in [0.4, 0.5) is 13.2 Å². The van der Waals surface area contributed by atoms with E-state index in [4.69, 9.17) is 0 Å². The molecule has 4 fully saturated rings. The van der Waals surface area contributed by atoms with Crippen LogP contribution in [0.15, 0.2) is 0 Å². The molecule has 2 heterocycles. The first-order valence-electron chi connectivity index (χ1n) is 12.2. The van der Waals surface area contributed by atoms with Gasteiger partial charge in [-0.3, -0.25) is 19.2 Å². The van der Waals surface area contributed by atoms with Gasteiger partial charge < -0.3 is 20.9 Å². The molecular formula is C24H32F3N5O4. The van der Waals surface area contributed by atoms with Crippen LogP contribution in [0.2, 0.25) is 0 Å². The molecule has 2 saturated heterocycles. The first-order valence-corrected chi connectivity index (χ1v) is 12.2. The number of halogens is 3. The number of amides is 4. The molecule has 5 unspecified atom stereocenters. The lowest BCUT2D eigenvalue weighted by molar-refractivity contribution is -0.179. The summed E-state index contributed by atoms with van der Waals surface area (Å²) in [5.41, 5.74) is -2.35. The zero-order valence-electron chi connectivity index (χ0n) is 20.8. The lowest BCUT2D eigenvalue weighted by Gasteiger charge is -2.45. The van der Waals surface area contributed by atoms with E-state index in [0.717, 1.165) is 0 Å². The number of hydrogen-bond donors (Lipinski definition) is 3. The van der Waals surface area contributed by atoms with Crippen molar-refractivity contribution in [3.63, 3.8) is 0 Å². The smallest absolute Gasteiger partial charge is 0.351 e. The number of nitrogens with one attached hydrogen (secondary N) is 3. The van der Waals surface area contributed by atoms with E-state index in [1.54, 1.807) is 0 Å². The van der Waals surface area contributed by atoms with Crippen LogP contribution in [0.5, 0.6) is 0 Å². The summed E-state index contributed by atoms with van der Waals surface area (Å²) < 4.78 is 38.8. The topological polar surface area (TPSA) is 131 Å². The zero-order valence-corrected chi connectivity index (χ0v) is 20.8. The van der Waals surface area contributed by atoms with Crippen molar-refractivity contribution in [3.8, 4) is 6.07 Å². The van der Waals surface area contributed by atoms with Gasteiger partial charge in [0.25, 0.3) is 0 Å². The van der Waals surface area contributed by atoms with E-state index in [0.29, 0.717) is 12.8 Å². The molecule has 4 aliphatic rings. The summed E-state index contributed by atoms with van der Waals surface area (Å²) in [5.74, 6) is -4.32. The molecule has 3 N–H and O–H groups in total. The number of fused-ring (bicyclic) bond motifs is 1. The molecule has 0 aromatic carbocycles. The molecule has 9 nitrogen and oxygen atoms in total. The van der Waals surface area contributed by atoms with Gasteiger partial charge in [-0.2, -0.15) is 18.4 Å². The Morgan fingerprint density at radius 1 is 1.22 bits per heavy atom. The lowest BCUT2D eigenvalue weighted by atomic mass is 9.75. The minimum atomic E-state index is -5.13. The Labute approximate surface area is 207 Å². The summed E-state index contributed by atoms with van der Waals surface area (Å²) in [6, 6.07) is 0.0826. The fraction of sp³-hybridized carbons (Fsp3) is 0.792. The fourth-order valence-corrected chi connectivity index (χ4v) is 6.35. The molecule has 0 aromatic heterocycles. The van der Waals surface area contributed by atoms with Gasteiger partial charge in [0.05, 0.1) is 6.07 Å². The summed E-state index contributed by atoms with van der Waals surface area (Å²) in [4.78, 5) is 52.1. The van der Waals surface area contributed by atoms with Crippen LogP contribution in [0.25, 0.3) is 0 Å². The molecule has 12 heteroatoms. The van der Waals surface area contributed by atoms with Crippen molar-refractivity contribution >= 4 is 23.6 Å². The predicted molar refractivity (Wildman–Crippen MR) is 120 cm³/mol. The van der Waals surface area contributed by atoms with E-state index in [2.05, 4.69) is 10.6 Å². The van der Waals surface area contributed by atoms with Crippen LogP contribution in [0, 0.1) is 34.5 Å². The summed E-state index contributed by atoms with van der Waals surface area (Å²) in [6.07, 6.45) is -3.91. The van der Waals surface area contributed by atoms with E-state index in [1.807, 2.05) is 39.1 Å². The van der Waals surface area contributed by atoms with Crippen molar-refractivity contribution in [1.82, 2.24) is 20.9 Å². The number of likely N-dealkylation sites (tertiary alicyclic amines) is 1. The van der Waals surface area contributed by atoms with Crippen LogP contribution in [0.3, 0.4) is 0 Å². The molecular weight excluding hydrogens is 479 g/mol. The van der Waals surface area contributed by atoms with E-state index in [-0.39, 0.29) is 49.0 Å². The van der Waals surface area contributed by atoms with Crippen LogP contribution in [-0.2, 0) is 19.2 Å². The standard InChI is InChI=1S/C24H32F3N5O4/c1-21(2)9-12(17(33)30-21)8-13(10-28)29-18(34)16-15-14(22(15,3)4)11-32(16)20(36)23(6-5-7-23)31-19(35)24(25,26)27/h12-16H,5-9,11H2,1-4H3,(H,29,34)(H,30,33)(H,31,35). The van der Waals surface area contributed by atoms with E-state index >= 15 is 0 Å². The van der Waals surface area contributed by atoms with E-state index in [1.165, 1.54) is 4.90 Å². The van der Waals surface area contributed by atoms with Crippen LogP contribution in [-0.4, -0.2) is 64.4 Å². The maximum absolute atomic E-state index is 13.5. The second-order valence-electron chi connectivity index (χ2n) is 11.9. The Morgan fingerprint density at radius 2 is 1.86 bits per heavy atom. The number of nitrogens with zero attached hydrogens (tertiary/aromatic N) is 2. The third-order valence-electron chi connectivity index (χ3n) is 8.55. The Bertz CT molecular complexity index is 1030. The second-order valence-corrected chi connectivity index (χ2v) is 11.9. The van der Waals surface area contributed by atoms with Crippen LogP contribution in [0.1, 0.15) is 59.8 Å². The molecule has 2 saturated carbocycles. The van der Waals surface area contributed by atoms with Crippen LogP contribution >= 0.6 is 0 Å². The first-order chi connectivity index (χ1) is 16.5. The second kappa shape index (κ2) is 8.35. The molecule has 0 aromatic rings. The highest BCUT2D eigenvalue weighted by molar-refractivity contribution is 5.97. The van der Waals surface area contributed by atoms with Gasteiger partial charge in [-0.25, -0.2) is 0 Å². The molecule has 2 aliphatic carbocycles. The number of carbonyl (C=O) groups excluding carboxylic acids is 4. The SMILES string of the molecule is CC1(C)CC(CC(C#N)NC(=O)C2C3C(CN2C(=O)C2(NC(=O)C(F)(F)F)CCC2)C3(C)C)C(=O)N1. The summed E-state index contributed by atoms with van der Waals surface area (Å²) in [6.45, 7) is 7.85. The average molecular weight is 512 g/mol. The van der Waals surface area contributed by atoms with E-state index < -0.39 is 53.0 Å². The number of hydrogen-bond acceptors (Lipinski definition) is 5. The van der Waals surface area contributed by atoms with Crippen molar-refractivity contribution < 1.29 is 32.3 Å². The molecule has 5 atom stereocenters. The van der Waals surface area contributed by atoms with Gasteiger partial charge in [0.2, 0.25) is 17.7 Å². The molecule has 0 radical (unpaired) electrons. The van der Waals surface area contributed by atoms with Crippen molar-refractivity contribution in [2.45, 2.75) is 89.1 Å². The monoisotopic (exact) mass is 511 g/mol. The quantitative estimate of drug-likeness (QED) is 0.496. The van der Waals surface area contributed by atoms with Gasteiger partial charge in [-0.15, -0.1) is 0 Å². The van der Waals surface area contributed by atoms with Crippen LogP contribution < -0.4 is 16.0 Å². The molecule has 4 amide bonds.